The van der Waals surface area contributed by atoms with E-state index < -0.39 is 0 Å². The molecule has 0 spiro atoms. The van der Waals surface area contributed by atoms with Crippen LogP contribution in [0.5, 0.6) is 0 Å². The van der Waals surface area contributed by atoms with E-state index >= 15 is 0 Å². The Morgan fingerprint density at radius 1 is 1.71 bits per heavy atom. The molecule has 0 bridgehead atoms. The van der Waals surface area contributed by atoms with Crippen LogP contribution in [0.2, 0.25) is 0 Å². The van der Waals surface area contributed by atoms with Gasteiger partial charge in [-0.05, 0) is 13.0 Å². The number of carbonyl (C=O) groups excluding carboxylic acids is 1. The van der Waals surface area contributed by atoms with Gasteiger partial charge in [-0.2, -0.15) is 5.10 Å². The lowest BCUT2D eigenvalue weighted by molar-refractivity contribution is 0.00465. The van der Waals surface area contributed by atoms with Crippen molar-refractivity contribution in [2.45, 2.75) is 13.0 Å². The van der Waals surface area contributed by atoms with Crippen molar-refractivity contribution in [2.75, 3.05) is 25.1 Å². The first-order valence-electron chi connectivity index (χ1n) is 5.59. The maximum Gasteiger partial charge on any atom is 0.272 e. The summed E-state index contributed by atoms with van der Waals surface area (Å²) in [6.45, 7) is 3.72. The van der Waals surface area contributed by atoms with Crippen molar-refractivity contribution in [3.05, 3.63) is 17.5 Å². The fourth-order valence-corrected chi connectivity index (χ4v) is 2.54. The van der Waals surface area contributed by atoms with Gasteiger partial charge in [0.2, 0.25) is 0 Å². The van der Waals surface area contributed by atoms with Gasteiger partial charge < -0.3 is 9.64 Å². The molecule has 1 aromatic heterocycles. The van der Waals surface area contributed by atoms with Crippen LogP contribution in [0.15, 0.2) is 6.07 Å². The van der Waals surface area contributed by atoms with E-state index in [2.05, 4.69) is 21.0 Å². The maximum absolute atomic E-state index is 12.4. The van der Waals surface area contributed by atoms with Gasteiger partial charge in [-0.25, -0.2) is 0 Å². The summed E-state index contributed by atoms with van der Waals surface area (Å²) in [5, 5.41) is 4.94. The van der Waals surface area contributed by atoms with E-state index in [0.717, 1.165) is 11.0 Å². The average molecular weight is 302 g/mol. The Labute approximate surface area is 109 Å². The molecule has 6 heteroatoms. The molecule has 1 unspecified atom stereocenters. The van der Waals surface area contributed by atoms with Gasteiger partial charge in [0.15, 0.2) is 0 Å². The number of hydrogen-bond acceptors (Lipinski definition) is 3. The molecular weight excluding hydrogens is 286 g/mol. The van der Waals surface area contributed by atoms with Crippen molar-refractivity contribution in [1.82, 2.24) is 14.7 Å². The van der Waals surface area contributed by atoms with Crippen LogP contribution in [0.1, 0.15) is 16.2 Å². The summed E-state index contributed by atoms with van der Waals surface area (Å²) in [4.78, 5) is 14.2. The minimum Gasteiger partial charge on any atom is -0.377 e. The number of nitrogens with zero attached hydrogens (tertiary/aromatic N) is 3. The molecule has 1 amide bonds. The molecule has 1 aromatic rings. The number of halogens is 1. The second-order valence-corrected chi connectivity index (χ2v) is 4.82. The number of aryl methyl sites for hydroxylation is 2. The zero-order chi connectivity index (χ0) is 12.4. The number of ether oxygens (including phenoxy) is 1. The highest BCUT2D eigenvalue weighted by molar-refractivity contribution is 9.09. The number of carbonyl (C=O) groups is 1. The number of hydrogen-bond donors (Lipinski definition) is 0. The Bertz CT molecular complexity index is 419. The van der Waals surface area contributed by atoms with Gasteiger partial charge >= 0.3 is 0 Å². The highest BCUT2D eigenvalue weighted by atomic mass is 79.9. The van der Waals surface area contributed by atoms with Gasteiger partial charge in [0.1, 0.15) is 5.69 Å². The van der Waals surface area contributed by atoms with Crippen molar-refractivity contribution in [3.8, 4) is 0 Å². The molecular formula is C11H16BrN3O2. The van der Waals surface area contributed by atoms with Crippen molar-refractivity contribution in [2.24, 2.45) is 7.05 Å². The van der Waals surface area contributed by atoms with Crippen molar-refractivity contribution < 1.29 is 9.53 Å². The minimum absolute atomic E-state index is 0.0286. The number of aromatic nitrogens is 2. The Kier molecular flexibility index (Phi) is 3.83. The smallest absolute Gasteiger partial charge is 0.272 e. The lowest BCUT2D eigenvalue weighted by atomic mass is 10.2. The molecule has 5 nitrogen and oxygen atoms in total. The molecule has 2 rings (SSSR count). The fourth-order valence-electron chi connectivity index (χ4n) is 2.01. The monoisotopic (exact) mass is 301 g/mol. The van der Waals surface area contributed by atoms with Crippen LogP contribution >= 0.6 is 15.9 Å². The third kappa shape index (κ3) is 2.52. The molecule has 1 atom stereocenters. The topological polar surface area (TPSA) is 47.4 Å². The highest BCUT2D eigenvalue weighted by Gasteiger charge is 2.28. The van der Waals surface area contributed by atoms with Gasteiger partial charge in [-0.1, -0.05) is 15.9 Å². The second kappa shape index (κ2) is 5.18. The van der Waals surface area contributed by atoms with Gasteiger partial charge in [0.05, 0.1) is 24.9 Å². The van der Waals surface area contributed by atoms with E-state index in [1.165, 1.54) is 0 Å². The highest BCUT2D eigenvalue weighted by Crippen LogP contribution is 2.14. The normalized spacial score (nSPS) is 20.6. The lowest BCUT2D eigenvalue weighted by Gasteiger charge is -2.34. The molecule has 0 saturated carbocycles. The molecule has 0 aliphatic carbocycles. The molecule has 1 aliphatic rings. The lowest BCUT2D eigenvalue weighted by Crippen LogP contribution is -2.50. The maximum atomic E-state index is 12.4. The van der Waals surface area contributed by atoms with Crippen LogP contribution in [-0.4, -0.2) is 51.7 Å². The standard InChI is InChI=1S/C11H16BrN3O2/c1-8-5-10(14(2)13-8)11(16)15-3-4-17-7-9(15)6-12/h5,9H,3-4,6-7H2,1-2H3. The van der Waals surface area contributed by atoms with Crippen LogP contribution in [0.4, 0.5) is 0 Å². The zero-order valence-electron chi connectivity index (χ0n) is 10.0. The van der Waals surface area contributed by atoms with E-state index in [1.807, 2.05) is 17.9 Å². The number of rotatable bonds is 2. The molecule has 1 aliphatic heterocycles. The van der Waals surface area contributed by atoms with Crippen molar-refractivity contribution in [1.29, 1.82) is 0 Å². The zero-order valence-corrected chi connectivity index (χ0v) is 11.6. The van der Waals surface area contributed by atoms with Crippen LogP contribution < -0.4 is 0 Å². The quantitative estimate of drug-likeness (QED) is 0.765. The molecule has 0 N–H and O–H groups in total. The largest absolute Gasteiger partial charge is 0.377 e. The molecule has 0 radical (unpaired) electrons. The molecule has 2 heterocycles. The summed E-state index contributed by atoms with van der Waals surface area (Å²) in [6.07, 6.45) is 0. The Balaban J connectivity index is 2.21. The van der Waals surface area contributed by atoms with Crippen LogP contribution in [0.25, 0.3) is 0 Å². The van der Waals surface area contributed by atoms with E-state index in [0.29, 0.717) is 25.5 Å². The molecule has 1 fully saturated rings. The first-order valence-corrected chi connectivity index (χ1v) is 6.71. The molecule has 94 valence electrons. The third-order valence-electron chi connectivity index (χ3n) is 2.89. The van der Waals surface area contributed by atoms with E-state index in [4.69, 9.17) is 4.74 Å². The van der Waals surface area contributed by atoms with Crippen LogP contribution in [0.3, 0.4) is 0 Å². The van der Waals surface area contributed by atoms with E-state index in [1.54, 1.807) is 11.7 Å². The summed E-state index contributed by atoms with van der Waals surface area (Å²) < 4.78 is 7.02. The first kappa shape index (κ1) is 12.6. The Morgan fingerprint density at radius 3 is 3.06 bits per heavy atom. The second-order valence-electron chi connectivity index (χ2n) is 4.18. The Morgan fingerprint density at radius 2 is 2.47 bits per heavy atom. The SMILES string of the molecule is Cc1cc(C(=O)N2CCOCC2CBr)n(C)n1. The van der Waals surface area contributed by atoms with Gasteiger partial charge in [-0.3, -0.25) is 9.48 Å². The summed E-state index contributed by atoms with van der Waals surface area (Å²) in [5.74, 6) is 0.0286. The molecule has 0 aromatic carbocycles. The van der Waals surface area contributed by atoms with Gasteiger partial charge in [0.25, 0.3) is 5.91 Å². The third-order valence-corrected chi connectivity index (χ3v) is 3.64. The minimum atomic E-state index is 0.0286. The van der Waals surface area contributed by atoms with Gasteiger partial charge in [-0.15, -0.1) is 0 Å². The average Bonchev–Trinajstić information content (AvgIpc) is 2.67. The summed E-state index contributed by atoms with van der Waals surface area (Å²) in [5.41, 5.74) is 1.50. The summed E-state index contributed by atoms with van der Waals surface area (Å²) >= 11 is 3.42. The summed E-state index contributed by atoms with van der Waals surface area (Å²) in [7, 11) is 1.80. The van der Waals surface area contributed by atoms with Crippen LogP contribution in [0, 0.1) is 6.92 Å². The summed E-state index contributed by atoms with van der Waals surface area (Å²) in [6, 6.07) is 1.93. The number of alkyl halides is 1. The predicted molar refractivity (Wildman–Crippen MR) is 67.4 cm³/mol. The van der Waals surface area contributed by atoms with E-state index in [-0.39, 0.29) is 11.9 Å². The fraction of sp³-hybridized carbons (Fsp3) is 0.636. The van der Waals surface area contributed by atoms with E-state index in [9.17, 15) is 4.79 Å². The predicted octanol–water partition coefficient (Wildman–Crippen LogP) is 0.964. The first-order chi connectivity index (χ1) is 8.13. The van der Waals surface area contributed by atoms with Crippen molar-refractivity contribution >= 4 is 21.8 Å². The van der Waals surface area contributed by atoms with Gasteiger partial charge in [0, 0.05) is 18.9 Å². The number of morpholine rings is 1. The van der Waals surface area contributed by atoms with Crippen molar-refractivity contribution in [3.63, 3.8) is 0 Å². The Hall–Kier alpha value is -0.880. The molecule has 1 saturated heterocycles. The number of amides is 1. The molecule has 17 heavy (non-hydrogen) atoms. The van der Waals surface area contributed by atoms with Crippen LogP contribution in [-0.2, 0) is 11.8 Å².